The fraction of sp³-hybridized carbons (Fsp3) is 1.00. The van der Waals surface area contributed by atoms with Gasteiger partial charge in [-0.2, -0.15) is 0 Å². The van der Waals surface area contributed by atoms with Gasteiger partial charge in [0, 0.05) is 0 Å². The predicted molar refractivity (Wildman–Crippen MR) is 44.3 cm³/mol. The highest BCUT2D eigenvalue weighted by Gasteiger charge is 2.26. The molecule has 0 heterocycles. The number of aliphatic hydroxyl groups excluding tert-OH is 2. The molecule has 66 valence electrons. The van der Waals surface area contributed by atoms with E-state index >= 15 is 0 Å². The highest BCUT2D eigenvalue weighted by molar-refractivity contribution is 4.78. The number of hydrogen-bond donors (Lipinski definition) is 2. The standard InChI is InChI=1S/C9H18O2/c1-2-3-7-4-5-8(10)9(11)6-7/h7-11H,2-6H2,1H3. The van der Waals surface area contributed by atoms with Crippen LogP contribution in [0.15, 0.2) is 0 Å². The third kappa shape index (κ3) is 2.46. The van der Waals surface area contributed by atoms with Crippen molar-refractivity contribution in [3.8, 4) is 0 Å². The summed E-state index contributed by atoms with van der Waals surface area (Å²) in [6, 6.07) is 0. The van der Waals surface area contributed by atoms with E-state index in [9.17, 15) is 10.2 Å². The highest BCUT2D eigenvalue weighted by Crippen LogP contribution is 2.27. The molecule has 0 saturated heterocycles. The molecule has 3 atom stereocenters. The summed E-state index contributed by atoms with van der Waals surface area (Å²) in [5.74, 6) is 0.651. The average molecular weight is 158 g/mol. The molecule has 0 bridgehead atoms. The van der Waals surface area contributed by atoms with E-state index in [0.29, 0.717) is 5.92 Å². The van der Waals surface area contributed by atoms with Crippen molar-refractivity contribution >= 4 is 0 Å². The molecular formula is C9H18O2. The minimum atomic E-state index is -0.458. The summed E-state index contributed by atoms with van der Waals surface area (Å²) in [5.41, 5.74) is 0. The first-order valence-corrected chi connectivity index (χ1v) is 4.60. The van der Waals surface area contributed by atoms with E-state index in [2.05, 4.69) is 6.92 Å². The van der Waals surface area contributed by atoms with Crippen LogP contribution in [0.3, 0.4) is 0 Å². The zero-order valence-electron chi connectivity index (χ0n) is 7.16. The molecule has 1 rings (SSSR count). The van der Waals surface area contributed by atoms with E-state index < -0.39 is 12.2 Å². The van der Waals surface area contributed by atoms with Crippen LogP contribution in [0.4, 0.5) is 0 Å². The molecule has 0 aliphatic heterocycles. The van der Waals surface area contributed by atoms with E-state index in [-0.39, 0.29) is 0 Å². The Labute approximate surface area is 68.2 Å². The zero-order chi connectivity index (χ0) is 8.27. The Balaban J connectivity index is 2.28. The maximum absolute atomic E-state index is 9.32. The van der Waals surface area contributed by atoms with E-state index in [0.717, 1.165) is 19.3 Å². The molecule has 0 aromatic rings. The summed E-state index contributed by atoms with van der Waals surface area (Å²) in [6.45, 7) is 2.16. The van der Waals surface area contributed by atoms with E-state index in [1.54, 1.807) is 0 Å². The number of rotatable bonds is 2. The van der Waals surface area contributed by atoms with Crippen LogP contribution in [-0.4, -0.2) is 22.4 Å². The Hall–Kier alpha value is -0.0800. The molecule has 1 aliphatic rings. The molecule has 1 fully saturated rings. The van der Waals surface area contributed by atoms with Crippen LogP contribution in [0.5, 0.6) is 0 Å². The van der Waals surface area contributed by atoms with Crippen molar-refractivity contribution in [2.24, 2.45) is 5.92 Å². The first kappa shape index (κ1) is 9.01. The molecule has 1 aliphatic carbocycles. The quantitative estimate of drug-likeness (QED) is 0.636. The summed E-state index contributed by atoms with van der Waals surface area (Å²) in [7, 11) is 0. The van der Waals surface area contributed by atoms with Gasteiger partial charge in [0.25, 0.3) is 0 Å². The molecule has 0 aromatic carbocycles. The highest BCUT2D eigenvalue weighted by atomic mass is 16.3. The van der Waals surface area contributed by atoms with Crippen LogP contribution < -0.4 is 0 Å². The minimum absolute atomic E-state index is 0.455. The van der Waals surface area contributed by atoms with Crippen LogP contribution in [0, 0.1) is 5.92 Å². The Morgan fingerprint density at radius 1 is 1.18 bits per heavy atom. The van der Waals surface area contributed by atoms with E-state index in [1.165, 1.54) is 12.8 Å². The van der Waals surface area contributed by atoms with Gasteiger partial charge < -0.3 is 10.2 Å². The fourth-order valence-corrected chi connectivity index (χ4v) is 1.89. The van der Waals surface area contributed by atoms with E-state index in [1.807, 2.05) is 0 Å². The molecule has 0 radical (unpaired) electrons. The van der Waals surface area contributed by atoms with Gasteiger partial charge in [-0.25, -0.2) is 0 Å². The van der Waals surface area contributed by atoms with Crippen LogP contribution in [0.25, 0.3) is 0 Å². The second-order valence-electron chi connectivity index (χ2n) is 3.60. The monoisotopic (exact) mass is 158 g/mol. The molecular weight excluding hydrogens is 140 g/mol. The van der Waals surface area contributed by atoms with Crippen LogP contribution in [0.1, 0.15) is 39.0 Å². The molecule has 1 saturated carbocycles. The van der Waals surface area contributed by atoms with Crippen molar-refractivity contribution in [2.45, 2.75) is 51.2 Å². The van der Waals surface area contributed by atoms with E-state index in [4.69, 9.17) is 0 Å². The lowest BCUT2D eigenvalue weighted by Gasteiger charge is -2.29. The average Bonchev–Trinajstić information content (AvgIpc) is 1.98. The first-order chi connectivity index (χ1) is 5.24. The van der Waals surface area contributed by atoms with Crippen LogP contribution >= 0.6 is 0 Å². The van der Waals surface area contributed by atoms with Gasteiger partial charge >= 0.3 is 0 Å². The Morgan fingerprint density at radius 3 is 2.45 bits per heavy atom. The topological polar surface area (TPSA) is 40.5 Å². The predicted octanol–water partition coefficient (Wildman–Crippen LogP) is 1.31. The van der Waals surface area contributed by atoms with Crippen molar-refractivity contribution in [2.75, 3.05) is 0 Å². The van der Waals surface area contributed by atoms with Gasteiger partial charge in [0.2, 0.25) is 0 Å². The molecule has 2 N–H and O–H groups in total. The van der Waals surface area contributed by atoms with Gasteiger partial charge in [0.15, 0.2) is 0 Å². The lowest BCUT2D eigenvalue weighted by Crippen LogP contribution is -2.33. The largest absolute Gasteiger partial charge is 0.390 e. The Bertz CT molecular complexity index is 114. The number of aliphatic hydroxyl groups is 2. The molecule has 0 spiro atoms. The van der Waals surface area contributed by atoms with Crippen molar-refractivity contribution < 1.29 is 10.2 Å². The summed E-state index contributed by atoms with van der Waals surface area (Å²) >= 11 is 0. The normalized spacial score (nSPS) is 39.0. The molecule has 0 amide bonds. The van der Waals surface area contributed by atoms with Crippen molar-refractivity contribution in [3.05, 3.63) is 0 Å². The fourth-order valence-electron chi connectivity index (χ4n) is 1.89. The minimum Gasteiger partial charge on any atom is -0.390 e. The Kier molecular flexibility index (Phi) is 3.34. The third-order valence-corrected chi connectivity index (χ3v) is 2.59. The Morgan fingerprint density at radius 2 is 1.91 bits per heavy atom. The van der Waals surface area contributed by atoms with Gasteiger partial charge in [-0.3, -0.25) is 0 Å². The third-order valence-electron chi connectivity index (χ3n) is 2.59. The van der Waals surface area contributed by atoms with Gasteiger partial charge in [0.05, 0.1) is 12.2 Å². The molecule has 3 unspecified atom stereocenters. The van der Waals surface area contributed by atoms with Crippen molar-refractivity contribution in [1.29, 1.82) is 0 Å². The molecule has 2 nitrogen and oxygen atoms in total. The van der Waals surface area contributed by atoms with Gasteiger partial charge in [0.1, 0.15) is 0 Å². The van der Waals surface area contributed by atoms with Crippen LogP contribution in [0.2, 0.25) is 0 Å². The van der Waals surface area contributed by atoms with Gasteiger partial charge in [-0.05, 0) is 25.2 Å². The lowest BCUT2D eigenvalue weighted by atomic mass is 9.83. The summed E-state index contributed by atoms with van der Waals surface area (Å²) in [4.78, 5) is 0. The second-order valence-corrected chi connectivity index (χ2v) is 3.60. The number of hydrogen-bond acceptors (Lipinski definition) is 2. The summed E-state index contributed by atoms with van der Waals surface area (Å²) in [6.07, 6.45) is 4.15. The SMILES string of the molecule is CCCC1CCC(O)C(O)C1. The molecule has 0 aromatic heterocycles. The van der Waals surface area contributed by atoms with Crippen LogP contribution in [-0.2, 0) is 0 Å². The summed E-state index contributed by atoms with van der Waals surface area (Å²) < 4.78 is 0. The van der Waals surface area contributed by atoms with Crippen molar-refractivity contribution in [3.63, 3.8) is 0 Å². The van der Waals surface area contributed by atoms with Gasteiger partial charge in [-0.15, -0.1) is 0 Å². The smallest absolute Gasteiger partial charge is 0.0801 e. The maximum atomic E-state index is 9.32. The lowest BCUT2D eigenvalue weighted by molar-refractivity contribution is -0.0265. The van der Waals surface area contributed by atoms with Gasteiger partial charge in [-0.1, -0.05) is 19.8 Å². The summed E-state index contributed by atoms with van der Waals surface area (Å²) in [5, 5.41) is 18.5. The molecule has 11 heavy (non-hydrogen) atoms. The first-order valence-electron chi connectivity index (χ1n) is 4.60. The zero-order valence-corrected chi connectivity index (χ0v) is 7.16. The second kappa shape index (κ2) is 4.07. The van der Waals surface area contributed by atoms with Crippen molar-refractivity contribution in [1.82, 2.24) is 0 Å². The maximum Gasteiger partial charge on any atom is 0.0801 e. The molecule has 2 heteroatoms.